The summed E-state index contributed by atoms with van der Waals surface area (Å²) in [6.45, 7) is 6.47. The third kappa shape index (κ3) is 3.90. The molecule has 0 aliphatic carbocycles. The van der Waals surface area contributed by atoms with Gasteiger partial charge in [-0.05, 0) is 68.4 Å². The van der Waals surface area contributed by atoms with E-state index in [1.54, 1.807) is 11.3 Å². The van der Waals surface area contributed by atoms with Gasteiger partial charge in [-0.1, -0.05) is 18.6 Å². The number of thiophene rings is 2. The van der Waals surface area contributed by atoms with Crippen LogP contribution in [0.15, 0.2) is 42.0 Å². The second kappa shape index (κ2) is 8.55. The molecule has 0 spiro atoms. The van der Waals surface area contributed by atoms with Gasteiger partial charge in [0.1, 0.15) is 5.00 Å². The van der Waals surface area contributed by atoms with Crippen LogP contribution in [0.2, 0.25) is 0 Å². The molecule has 1 aliphatic rings. The molecule has 0 saturated carbocycles. The van der Waals surface area contributed by atoms with Crippen molar-refractivity contribution in [3.63, 3.8) is 0 Å². The average molecular weight is 412 g/mol. The second-order valence-electron chi connectivity index (χ2n) is 7.24. The van der Waals surface area contributed by atoms with Gasteiger partial charge in [-0.25, -0.2) is 0 Å². The SMILES string of the molecule is Cc1sc(NC(=O)c2cccs2)c(C(c2cccnc2)N2CCCCC2)c1C. The molecule has 0 radical (unpaired) electrons. The Hall–Kier alpha value is -2.02. The smallest absolute Gasteiger partial charge is 0.266 e. The first-order chi connectivity index (χ1) is 13.6. The lowest BCUT2D eigenvalue weighted by Gasteiger charge is -2.35. The van der Waals surface area contributed by atoms with Gasteiger partial charge >= 0.3 is 0 Å². The maximum Gasteiger partial charge on any atom is 0.266 e. The fraction of sp³-hybridized carbons (Fsp3) is 0.364. The normalized spacial score (nSPS) is 16.1. The number of carbonyl (C=O) groups is 1. The van der Waals surface area contributed by atoms with E-state index in [0.29, 0.717) is 0 Å². The molecule has 1 aliphatic heterocycles. The maximum atomic E-state index is 12.8. The highest BCUT2D eigenvalue weighted by molar-refractivity contribution is 7.17. The van der Waals surface area contributed by atoms with Crippen molar-refractivity contribution in [2.45, 2.75) is 39.2 Å². The number of amides is 1. The van der Waals surface area contributed by atoms with Crippen molar-refractivity contribution in [3.8, 4) is 0 Å². The van der Waals surface area contributed by atoms with Crippen LogP contribution >= 0.6 is 22.7 Å². The van der Waals surface area contributed by atoms with Gasteiger partial charge < -0.3 is 5.32 Å². The van der Waals surface area contributed by atoms with E-state index in [2.05, 4.69) is 35.1 Å². The Morgan fingerprint density at radius 1 is 1.18 bits per heavy atom. The molecule has 1 unspecified atom stereocenters. The van der Waals surface area contributed by atoms with Crippen LogP contribution in [-0.4, -0.2) is 28.9 Å². The molecule has 1 fully saturated rings. The number of hydrogen-bond acceptors (Lipinski definition) is 5. The summed E-state index contributed by atoms with van der Waals surface area (Å²) < 4.78 is 0. The first-order valence-corrected chi connectivity index (χ1v) is 11.4. The first-order valence-electron chi connectivity index (χ1n) is 9.74. The monoisotopic (exact) mass is 411 g/mol. The van der Waals surface area contributed by atoms with E-state index >= 15 is 0 Å². The van der Waals surface area contributed by atoms with Crippen molar-refractivity contribution in [2.24, 2.45) is 0 Å². The molecule has 4 rings (SSSR count). The van der Waals surface area contributed by atoms with Gasteiger partial charge in [0.25, 0.3) is 5.91 Å². The van der Waals surface area contributed by atoms with Gasteiger partial charge in [-0.3, -0.25) is 14.7 Å². The molecule has 1 amide bonds. The fourth-order valence-corrected chi connectivity index (χ4v) is 5.62. The summed E-state index contributed by atoms with van der Waals surface area (Å²) in [7, 11) is 0. The van der Waals surface area contributed by atoms with Crippen LogP contribution in [0.5, 0.6) is 0 Å². The summed E-state index contributed by atoms with van der Waals surface area (Å²) in [6, 6.07) is 8.07. The van der Waals surface area contributed by atoms with Crippen LogP contribution in [-0.2, 0) is 0 Å². The Balaban J connectivity index is 1.76. The molecule has 1 N–H and O–H groups in total. The van der Waals surface area contributed by atoms with Gasteiger partial charge in [0.15, 0.2) is 0 Å². The van der Waals surface area contributed by atoms with E-state index in [0.717, 1.165) is 23.0 Å². The van der Waals surface area contributed by atoms with Crippen LogP contribution < -0.4 is 5.32 Å². The first kappa shape index (κ1) is 19.3. The largest absolute Gasteiger partial charge is 0.313 e. The number of nitrogens with one attached hydrogen (secondary N) is 1. The van der Waals surface area contributed by atoms with E-state index in [-0.39, 0.29) is 11.9 Å². The third-order valence-electron chi connectivity index (χ3n) is 5.43. The quantitative estimate of drug-likeness (QED) is 0.590. The highest BCUT2D eigenvalue weighted by Gasteiger charge is 2.30. The molecule has 6 heteroatoms. The molecule has 1 atom stereocenters. The molecular weight excluding hydrogens is 386 g/mol. The Labute approximate surface area is 174 Å². The lowest BCUT2D eigenvalue weighted by Crippen LogP contribution is -2.35. The maximum absolute atomic E-state index is 12.8. The number of rotatable bonds is 5. The highest BCUT2D eigenvalue weighted by Crippen LogP contribution is 2.43. The number of piperidine rings is 1. The third-order valence-corrected chi connectivity index (χ3v) is 7.44. The van der Waals surface area contributed by atoms with E-state index in [1.807, 2.05) is 36.0 Å². The lowest BCUT2D eigenvalue weighted by molar-refractivity contribution is 0.103. The van der Waals surface area contributed by atoms with Gasteiger partial charge in [0.2, 0.25) is 0 Å². The zero-order valence-electron chi connectivity index (χ0n) is 16.3. The Morgan fingerprint density at radius 2 is 2.00 bits per heavy atom. The summed E-state index contributed by atoms with van der Waals surface area (Å²) in [4.78, 5) is 21.7. The lowest BCUT2D eigenvalue weighted by atomic mass is 9.94. The summed E-state index contributed by atoms with van der Waals surface area (Å²) in [5.41, 5.74) is 3.69. The van der Waals surface area contributed by atoms with Crippen LogP contribution in [0.1, 0.15) is 56.5 Å². The zero-order valence-corrected chi connectivity index (χ0v) is 17.9. The molecule has 0 bridgehead atoms. The molecule has 3 aromatic rings. The highest BCUT2D eigenvalue weighted by atomic mass is 32.1. The van der Waals surface area contributed by atoms with Gasteiger partial charge in [0, 0.05) is 22.8 Å². The molecule has 4 heterocycles. The van der Waals surface area contributed by atoms with E-state index in [4.69, 9.17) is 0 Å². The number of pyridine rings is 1. The van der Waals surface area contributed by atoms with E-state index in [9.17, 15) is 4.79 Å². The summed E-state index contributed by atoms with van der Waals surface area (Å²) >= 11 is 3.15. The fourth-order valence-electron chi connectivity index (χ4n) is 3.91. The van der Waals surface area contributed by atoms with Gasteiger partial charge in [-0.2, -0.15) is 0 Å². The standard InChI is InChI=1S/C22H25N3OS2/c1-15-16(2)28-22(24-21(26)18-9-7-13-27-18)19(15)20(17-8-6-10-23-14-17)25-11-4-3-5-12-25/h6-10,13-14,20H,3-5,11-12H2,1-2H3,(H,24,26). The average Bonchev–Trinajstić information content (AvgIpc) is 3.35. The van der Waals surface area contributed by atoms with Crippen LogP contribution in [0.3, 0.4) is 0 Å². The van der Waals surface area contributed by atoms with Gasteiger partial charge in [-0.15, -0.1) is 22.7 Å². The van der Waals surface area contributed by atoms with Crippen LogP contribution in [0, 0.1) is 13.8 Å². The minimum absolute atomic E-state index is 0.0268. The van der Waals surface area contributed by atoms with Crippen molar-refractivity contribution in [1.29, 1.82) is 0 Å². The van der Waals surface area contributed by atoms with Crippen molar-refractivity contribution >= 4 is 33.6 Å². The molecule has 146 valence electrons. The number of carbonyl (C=O) groups excluding carboxylic acids is 1. The minimum Gasteiger partial charge on any atom is -0.313 e. The molecule has 3 aromatic heterocycles. The molecule has 28 heavy (non-hydrogen) atoms. The number of likely N-dealkylation sites (tertiary alicyclic amines) is 1. The summed E-state index contributed by atoms with van der Waals surface area (Å²) in [6.07, 6.45) is 7.52. The van der Waals surface area contributed by atoms with Crippen molar-refractivity contribution < 1.29 is 4.79 Å². The predicted octanol–water partition coefficient (Wildman–Crippen LogP) is 5.65. The number of anilines is 1. The van der Waals surface area contributed by atoms with E-state index in [1.165, 1.54) is 52.2 Å². The number of aromatic nitrogens is 1. The van der Waals surface area contributed by atoms with Gasteiger partial charge in [0.05, 0.1) is 10.9 Å². The summed E-state index contributed by atoms with van der Waals surface area (Å²) in [5.74, 6) is -0.0268. The van der Waals surface area contributed by atoms with E-state index < -0.39 is 0 Å². The topological polar surface area (TPSA) is 45.2 Å². The van der Waals surface area contributed by atoms with Crippen molar-refractivity contribution in [1.82, 2.24) is 9.88 Å². The Morgan fingerprint density at radius 3 is 2.68 bits per heavy atom. The zero-order chi connectivity index (χ0) is 19.5. The molecule has 1 saturated heterocycles. The Bertz CT molecular complexity index is 928. The minimum atomic E-state index is -0.0268. The van der Waals surface area contributed by atoms with Crippen molar-refractivity contribution in [3.05, 3.63) is 68.5 Å². The molecule has 0 aromatic carbocycles. The van der Waals surface area contributed by atoms with Crippen LogP contribution in [0.25, 0.3) is 0 Å². The number of nitrogens with zero attached hydrogens (tertiary/aromatic N) is 2. The number of aryl methyl sites for hydroxylation is 1. The van der Waals surface area contributed by atoms with Crippen molar-refractivity contribution in [2.75, 3.05) is 18.4 Å². The molecular formula is C22H25N3OS2. The second-order valence-corrected chi connectivity index (χ2v) is 9.42. The number of hydrogen-bond donors (Lipinski definition) is 1. The predicted molar refractivity (Wildman–Crippen MR) is 118 cm³/mol. The Kier molecular flexibility index (Phi) is 5.90. The summed E-state index contributed by atoms with van der Waals surface area (Å²) in [5, 5.41) is 6.11. The molecule has 4 nitrogen and oxygen atoms in total. The van der Waals surface area contributed by atoms with Crippen LogP contribution in [0.4, 0.5) is 5.00 Å².